The smallest absolute Gasteiger partial charge is 0.218 e. The Hall–Kier alpha value is -1.43. The van der Waals surface area contributed by atoms with Crippen LogP contribution in [0.5, 0.6) is 0 Å². The summed E-state index contributed by atoms with van der Waals surface area (Å²) in [4.78, 5) is 15.0. The van der Waals surface area contributed by atoms with Crippen LogP contribution in [0.15, 0.2) is 0 Å². The second-order valence-corrected chi connectivity index (χ2v) is 3.95. The molecule has 6 nitrogen and oxygen atoms in total. The third-order valence-electron chi connectivity index (χ3n) is 2.31. The summed E-state index contributed by atoms with van der Waals surface area (Å²) in [5.74, 6) is 1.27. The Kier molecular flexibility index (Phi) is 4.42. The molecule has 4 N–H and O–H groups in total. The molecule has 0 spiro atoms. The summed E-state index contributed by atoms with van der Waals surface area (Å²) in [6, 6.07) is 0.0296. The molecule has 90 valence electrons. The molecule has 1 rings (SSSR count). The molecule has 2 unspecified atom stereocenters. The van der Waals surface area contributed by atoms with Crippen molar-refractivity contribution in [3.05, 3.63) is 11.6 Å². The number of hydrogen-bond acceptors (Lipinski definition) is 4. The van der Waals surface area contributed by atoms with Crippen molar-refractivity contribution in [2.75, 3.05) is 0 Å². The van der Waals surface area contributed by atoms with Gasteiger partial charge in [0.15, 0.2) is 5.82 Å². The summed E-state index contributed by atoms with van der Waals surface area (Å²) in [5, 5.41) is 10.2. The maximum Gasteiger partial charge on any atom is 0.218 e. The van der Waals surface area contributed by atoms with E-state index in [0.717, 1.165) is 12.2 Å². The highest BCUT2D eigenvalue weighted by molar-refractivity contribution is 5.74. The van der Waals surface area contributed by atoms with Gasteiger partial charge in [-0.05, 0) is 13.8 Å². The van der Waals surface area contributed by atoms with Crippen LogP contribution in [0.25, 0.3) is 0 Å². The van der Waals surface area contributed by atoms with Gasteiger partial charge in [0, 0.05) is 18.9 Å². The fourth-order valence-corrected chi connectivity index (χ4v) is 1.52. The average molecular weight is 225 g/mol. The van der Waals surface area contributed by atoms with E-state index in [-0.39, 0.29) is 18.0 Å². The molecule has 0 aromatic carbocycles. The van der Waals surface area contributed by atoms with Crippen LogP contribution in [0, 0.1) is 0 Å². The molecule has 0 fully saturated rings. The molecule has 1 aromatic heterocycles. The van der Waals surface area contributed by atoms with E-state index in [1.807, 2.05) is 20.8 Å². The van der Waals surface area contributed by atoms with Crippen LogP contribution >= 0.6 is 0 Å². The Morgan fingerprint density at radius 3 is 2.75 bits per heavy atom. The lowest BCUT2D eigenvalue weighted by molar-refractivity contribution is -0.118. The summed E-state index contributed by atoms with van der Waals surface area (Å²) in [6.45, 7) is 5.88. The first-order chi connectivity index (χ1) is 7.52. The van der Waals surface area contributed by atoms with Gasteiger partial charge in [0.1, 0.15) is 5.82 Å². The number of rotatable bonds is 6. The minimum atomic E-state index is -0.309. The van der Waals surface area contributed by atoms with E-state index in [2.05, 4.69) is 20.5 Å². The topological polar surface area (TPSA) is 96.7 Å². The lowest BCUT2D eigenvalue weighted by Gasteiger charge is -2.16. The minimum Gasteiger partial charge on any atom is -0.370 e. The van der Waals surface area contributed by atoms with Gasteiger partial charge in [-0.15, -0.1) is 0 Å². The van der Waals surface area contributed by atoms with E-state index in [1.54, 1.807) is 0 Å². The Balaban J connectivity index is 2.51. The molecule has 1 aromatic rings. The fraction of sp³-hybridized carbons (Fsp3) is 0.700. The van der Waals surface area contributed by atoms with Crippen molar-refractivity contribution in [2.24, 2.45) is 5.73 Å². The number of nitrogens with two attached hydrogens (primary N) is 1. The first kappa shape index (κ1) is 12.6. The van der Waals surface area contributed by atoms with E-state index < -0.39 is 0 Å². The molecule has 0 saturated heterocycles. The van der Waals surface area contributed by atoms with E-state index in [9.17, 15) is 4.79 Å². The van der Waals surface area contributed by atoms with Crippen molar-refractivity contribution < 1.29 is 4.79 Å². The van der Waals surface area contributed by atoms with Crippen LogP contribution in [0.3, 0.4) is 0 Å². The number of nitrogens with one attached hydrogen (secondary N) is 2. The molecular formula is C10H19N5O. The predicted octanol–water partition coefficient (Wildman–Crippen LogP) is 0.282. The van der Waals surface area contributed by atoms with Gasteiger partial charge in [0.2, 0.25) is 5.91 Å². The lowest BCUT2D eigenvalue weighted by atomic mass is 10.2. The monoisotopic (exact) mass is 225 g/mol. The molecule has 0 aliphatic heterocycles. The zero-order valence-electron chi connectivity index (χ0n) is 9.95. The number of amides is 1. The van der Waals surface area contributed by atoms with Gasteiger partial charge in [0.05, 0.1) is 6.04 Å². The van der Waals surface area contributed by atoms with Crippen molar-refractivity contribution in [3.8, 4) is 0 Å². The summed E-state index contributed by atoms with van der Waals surface area (Å²) in [5.41, 5.74) is 5.12. The Morgan fingerprint density at radius 2 is 2.25 bits per heavy atom. The molecule has 16 heavy (non-hydrogen) atoms. The highest BCUT2D eigenvalue weighted by Gasteiger charge is 2.14. The van der Waals surface area contributed by atoms with Crippen LogP contribution in [0.1, 0.15) is 44.9 Å². The second kappa shape index (κ2) is 5.60. The Labute approximate surface area is 95.0 Å². The maximum absolute atomic E-state index is 10.7. The predicted molar refractivity (Wildman–Crippen MR) is 60.6 cm³/mol. The zero-order valence-corrected chi connectivity index (χ0v) is 9.95. The van der Waals surface area contributed by atoms with Crippen LogP contribution < -0.4 is 11.1 Å². The molecule has 1 heterocycles. The van der Waals surface area contributed by atoms with E-state index in [0.29, 0.717) is 12.2 Å². The third kappa shape index (κ3) is 3.62. The number of aromatic nitrogens is 3. The molecule has 0 aliphatic carbocycles. The van der Waals surface area contributed by atoms with E-state index in [4.69, 9.17) is 5.73 Å². The average Bonchev–Trinajstić information content (AvgIpc) is 2.64. The van der Waals surface area contributed by atoms with Crippen LogP contribution in [-0.2, 0) is 11.2 Å². The summed E-state index contributed by atoms with van der Waals surface area (Å²) >= 11 is 0. The second-order valence-electron chi connectivity index (χ2n) is 3.95. The van der Waals surface area contributed by atoms with Gasteiger partial charge in [-0.25, -0.2) is 4.98 Å². The zero-order chi connectivity index (χ0) is 12.1. The van der Waals surface area contributed by atoms with Gasteiger partial charge in [0.25, 0.3) is 0 Å². The van der Waals surface area contributed by atoms with Crippen LogP contribution in [0.2, 0.25) is 0 Å². The van der Waals surface area contributed by atoms with Gasteiger partial charge >= 0.3 is 0 Å². The molecule has 0 bridgehead atoms. The number of carbonyl (C=O) groups is 1. The molecule has 6 heteroatoms. The first-order valence-corrected chi connectivity index (χ1v) is 5.48. The van der Waals surface area contributed by atoms with Crippen molar-refractivity contribution in [1.82, 2.24) is 20.5 Å². The fourth-order valence-electron chi connectivity index (χ4n) is 1.52. The largest absolute Gasteiger partial charge is 0.370 e. The number of hydrogen-bond donors (Lipinski definition) is 3. The normalized spacial score (nSPS) is 14.7. The number of carbonyl (C=O) groups excluding carboxylic acids is 1. The Morgan fingerprint density at radius 1 is 1.56 bits per heavy atom. The van der Waals surface area contributed by atoms with Gasteiger partial charge in [-0.3, -0.25) is 9.89 Å². The summed E-state index contributed by atoms with van der Waals surface area (Å²) < 4.78 is 0. The van der Waals surface area contributed by atoms with E-state index in [1.165, 1.54) is 0 Å². The number of primary amides is 1. The SMILES string of the molecule is CCc1nc(C(C)NC(C)CC(N)=O)n[nH]1. The number of H-pyrrole nitrogens is 1. The molecule has 0 saturated carbocycles. The summed E-state index contributed by atoms with van der Waals surface area (Å²) in [6.07, 6.45) is 1.14. The lowest BCUT2D eigenvalue weighted by Crippen LogP contribution is -2.33. The highest BCUT2D eigenvalue weighted by atomic mass is 16.1. The molecule has 2 atom stereocenters. The van der Waals surface area contributed by atoms with Crippen molar-refractivity contribution in [2.45, 2.75) is 45.7 Å². The molecule has 0 aliphatic rings. The van der Waals surface area contributed by atoms with Gasteiger partial charge in [-0.2, -0.15) is 5.10 Å². The number of nitrogens with zero attached hydrogens (tertiary/aromatic N) is 2. The maximum atomic E-state index is 10.7. The van der Waals surface area contributed by atoms with Crippen LogP contribution in [-0.4, -0.2) is 27.1 Å². The van der Waals surface area contributed by atoms with Crippen molar-refractivity contribution in [3.63, 3.8) is 0 Å². The van der Waals surface area contributed by atoms with Crippen LogP contribution in [0.4, 0.5) is 0 Å². The standard InChI is InChI=1S/C10H19N5O/c1-4-9-13-10(15-14-9)7(3)12-6(2)5-8(11)16/h6-7,12H,4-5H2,1-3H3,(H2,11,16)(H,13,14,15). The molecule has 0 radical (unpaired) electrons. The summed E-state index contributed by atoms with van der Waals surface area (Å²) in [7, 11) is 0. The van der Waals surface area contributed by atoms with E-state index >= 15 is 0 Å². The van der Waals surface area contributed by atoms with Crippen molar-refractivity contribution in [1.29, 1.82) is 0 Å². The minimum absolute atomic E-state index is 0.00546. The number of aromatic amines is 1. The highest BCUT2D eigenvalue weighted by Crippen LogP contribution is 2.08. The number of aryl methyl sites for hydroxylation is 1. The third-order valence-corrected chi connectivity index (χ3v) is 2.31. The van der Waals surface area contributed by atoms with Crippen molar-refractivity contribution >= 4 is 5.91 Å². The quantitative estimate of drug-likeness (QED) is 0.648. The van der Waals surface area contributed by atoms with Gasteiger partial charge < -0.3 is 11.1 Å². The molecule has 1 amide bonds. The Bertz CT molecular complexity index is 349. The van der Waals surface area contributed by atoms with Gasteiger partial charge in [-0.1, -0.05) is 6.92 Å². The first-order valence-electron chi connectivity index (χ1n) is 5.48. The molecular weight excluding hydrogens is 206 g/mol.